The van der Waals surface area contributed by atoms with Crippen molar-refractivity contribution in [3.05, 3.63) is 29.3 Å². The minimum atomic E-state index is -4.41. The van der Waals surface area contributed by atoms with Gasteiger partial charge in [-0.1, -0.05) is 20.8 Å². The first-order valence-corrected chi connectivity index (χ1v) is 5.75. The van der Waals surface area contributed by atoms with Crippen molar-refractivity contribution >= 4 is 11.8 Å². The van der Waals surface area contributed by atoms with Crippen LogP contribution in [-0.4, -0.2) is 4.75 Å². The van der Waals surface area contributed by atoms with Crippen molar-refractivity contribution in [3.8, 4) is 6.07 Å². The molecule has 0 spiro atoms. The van der Waals surface area contributed by atoms with Crippen LogP contribution in [0, 0.1) is 11.3 Å². The molecule has 0 aliphatic heterocycles. The number of rotatable bonds is 1. The molecule has 0 aliphatic carbocycles. The maximum atomic E-state index is 12.5. The largest absolute Gasteiger partial charge is 0.416 e. The lowest BCUT2D eigenvalue weighted by atomic mass is 10.1. The van der Waals surface area contributed by atoms with Gasteiger partial charge in [0, 0.05) is 9.64 Å². The number of nitrogens with zero attached hydrogens (tertiary/aromatic N) is 1. The molecule has 0 unspecified atom stereocenters. The predicted octanol–water partition coefficient (Wildman–Crippen LogP) is 4.47. The summed E-state index contributed by atoms with van der Waals surface area (Å²) in [7, 11) is 0. The minimum absolute atomic E-state index is 0.0692. The monoisotopic (exact) mass is 259 g/mol. The van der Waals surface area contributed by atoms with E-state index in [9.17, 15) is 13.2 Å². The third kappa shape index (κ3) is 3.97. The second-order valence-electron chi connectivity index (χ2n) is 4.53. The van der Waals surface area contributed by atoms with Crippen LogP contribution in [-0.2, 0) is 6.18 Å². The van der Waals surface area contributed by atoms with Crippen molar-refractivity contribution in [2.75, 3.05) is 0 Å². The van der Waals surface area contributed by atoms with E-state index in [4.69, 9.17) is 5.26 Å². The van der Waals surface area contributed by atoms with Crippen molar-refractivity contribution in [2.24, 2.45) is 0 Å². The van der Waals surface area contributed by atoms with Crippen LogP contribution < -0.4 is 0 Å². The number of alkyl halides is 3. The highest BCUT2D eigenvalue weighted by molar-refractivity contribution is 8.00. The molecule has 0 aliphatic rings. The van der Waals surface area contributed by atoms with Crippen molar-refractivity contribution in [1.82, 2.24) is 0 Å². The summed E-state index contributed by atoms with van der Waals surface area (Å²) in [6.45, 7) is 5.82. The fourth-order valence-corrected chi connectivity index (χ4v) is 2.22. The van der Waals surface area contributed by atoms with Gasteiger partial charge in [-0.05, 0) is 18.2 Å². The van der Waals surface area contributed by atoms with Crippen LogP contribution in [0.3, 0.4) is 0 Å². The molecule has 0 radical (unpaired) electrons. The Morgan fingerprint density at radius 3 is 2.18 bits per heavy atom. The van der Waals surface area contributed by atoms with Crippen LogP contribution in [0.1, 0.15) is 31.9 Å². The molecule has 0 atom stereocenters. The molecule has 92 valence electrons. The zero-order valence-corrected chi connectivity index (χ0v) is 10.5. The Kier molecular flexibility index (Phi) is 3.78. The van der Waals surface area contributed by atoms with Crippen LogP contribution in [0.25, 0.3) is 0 Å². The number of nitriles is 1. The molecule has 1 rings (SSSR count). The van der Waals surface area contributed by atoms with Crippen LogP contribution >= 0.6 is 11.8 Å². The smallest absolute Gasteiger partial charge is 0.192 e. The number of benzene rings is 1. The second-order valence-corrected chi connectivity index (χ2v) is 6.40. The summed E-state index contributed by atoms with van der Waals surface area (Å²) in [6, 6.07) is 5.07. The number of hydrogen-bond donors (Lipinski definition) is 0. The van der Waals surface area contributed by atoms with Gasteiger partial charge in [0.1, 0.15) is 6.07 Å². The topological polar surface area (TPSA) is 23.8 Å². The highest BCUT2D eigenvalue weighted by Crippen LogP contribution is 2.37. The Morgan fingerprint density at radius 2 is 1.76 bits per heavy atom. The third-order valence-electron chi connectivity index (χ3n) is 1.84. The summed E-state index contributed by atoms with van der Waals surface area (Å²) in [5.41, 5.74) is -0.716. The normalized spacial score (nSPS) is 12.3. The van der Waals surface area contributed by atoms with Crippen LogP contribution in [0.4, 0.5) is 13.2 Å². The van der Waals surface area contributed by atoms with Gasteiger partial charge in [-0.3, -0.25) is 0 Å². The summed E-state index contributed by atoms with van der Waals surface area (Å²) in [6.07, 6.45) is -4.41. The number of halogens is 3. The Labute approximate surface area is 103 Å². The molecular formula is C12H12F3NS. The summed E-state index contributed by atoms with van der Waals surface area (Å²) in [5, 5.41) is 8.87. The average Bonchev–Trinajstić information content (AvgIpc) is 2.14. The summed E-state index contributed by atoms with van der Waals surface area (Å²) >= 11 is 1.38. The molecule has 0 saturated carbocycles. The first-order chi connectivity index (χ1) is 7.63. The summed E-state index contributed by atoms with van der Waals surface area (Å²) < 4.78 is 37.2. The molecule has 0 fully saturated rings. The van der Waals surface area contributed by atoms with Gasteiger partial charge in [-0.2, -0.15) is 18.4 Å². The molecule has 0 amide bonds. The van der Waals surface area contributed by atoms with E-state index in [1.807, 2.05) is 26.8 Å². The fraction of sp³-hybridized carbons (Fsp3) is 0.417. The Hall–Kier alpha value is -1.15. The van der Waals surface area contributed by atoms with E-state index in [0.717, 1.165) is 12.1 Å². The molecule has 0 N–H and O–H groups in total. The van der Waals surface area contributed by atoms with Crippen LogP contribution in [0.5, 0.6) is 0 Å². The molecule has 1 nitrogen and oxygen atoms in total. The van der Waals surface area contributed by atoms with Crippen LogP contribution in [0.2, 0.25) is 0 Å². The molecule has 5 heteroatoms. The lowest BCUT2D eigenvalue weighted by Crippen LogP contribution is -2.09. The molecule has 1 aromatic rings. The van der Waals surface area contributed by atoms with E-state index in [1.54, 1.807) is 0 Å². The molecular weight excluding hydrogens is 247 g/mol. The van der Waals surface area contributed by atoms with Crippen LogP contribution in [0.15, 0.2) is 23.1 Å². The predicted molar refractivity (Wildman–Crippen MR) is 61.8 cm³/mol. The van der Waals surface area contributed by atoms with E-state index in [1.165, 1.54) is 17.8 Å². The number of thioether (sulfide) groups is 1. The summed E-state index contributed by atoms with van der Waals surface area (Å²) in [4.78, 5) is 0.577. The zero-order chi connectivity index (χ0) is 13.3. The van der Waals surface area contributed by atoms with Crippen molar-refractivity contribution in [2.45, 2.75) is 36.6 Å². The quantitative estimate of drug-likeness (QED) is 0.695. The minimum Gasteiger partial charge on any atom is -0.192 e. The Bertz CT molecular complexity index is 452. The first-order valence-electron chi connectivity index (χ1n) is 4.94. The Morgan fingerprint density at radius 1 is 1.18 bits per heavy atom. The standard InChI is InChI=1S/C12H12F3NS/c1-11(2,3)17-10-5-4-9(12(13,14)15)6-8(10)7-16/h4-6H,1-3H3. The SMILES string of the molecule is CC(C)(C)Sc1ccc(C(F)(F)F)cc1C#N. The molecule has 0 aromatic heterocycles. The Balaban J connectivity index is 3.16. The molecule has 0 heterocycles. The van der Waals surface area contributed by atoms with E-state index in [-0.39, 0.29) is 10.3 Å². The van der Waals surface area contributed by atoms with Gasteiger partial charge in [0.2, 0.25) is 0 Å². The fourth-order valence-electron chi connectivity index (χ4n) is 1.21. The van der Waals surface area contributed by atoms with E-state index in [0.29, 0.717) is 4.90 Å². The second kappa shape index (κ2) is 4.61. The molecule has 0 bridgehead atoms. The highest BCUT2D eigenvalue weighted by Gasteiger charge is 2.31. The number of hydrogen-bond acceptors (Lipinski definition) is 2. The van der Waals surface area contributed by atoms with Gasteiger partial charge >= 0.3 is 6.18 Å². The van der Waals surface area contributed by atoms with Gasteiger partial charge < -0.3 is 0 Å². The van der Waals surface area contributed by atoms with E-state index < -0.39 is 11.7 Å². The maximum absolute atomic E-state index is 12.5. The lowest BCUT2D eigenvalue weighted by Gasteiger charge is -2.19. The van der Waals surface area contributed by atoms with E-state index >= 15 is 0 Å². The summed E-state index contributed by atoms with van der Waals surface area (Å²) in [5.74, 6) is 0. The van der Waals surface area contributed by atoms with Gasteiger partial charge in [-0.25, -0.2) is 0 Å². The zero-order valence-electron chi connectivity index (χ0n) is 9.72. The molecule has 17 heavy (non-hydrogen) atoms. The van der Waals surface area contributed by atoms with E-state index in [2.05, 4.69) is 0 Å². The molecule has 1 aromatic carbocycles. The van der Waals surface area contributed by atoms with Crippen molar-refractivity contribution < 1.29 is 13.2 Å². The van der Waals surface area contributed by atoms with Gasteiger partial charge in [0.05, 0.1) is 11.1 Å². The van der Waals surface area contributed by atoms with Crippen molar-refractivity contribution in [3.63, 3.8) is 0 Å². The van der Waals surface area contributed by atoms with Gasteiger partial charge in [-0.15, -0.1) is 11.8 Å². The van der Waals surface area contributed by atoms with Gasteiger partial charge in [0.25, 0.3) is 0 Å². The van der Waals surface area contributed by atoms with Gasteiger partial charge in [0.15, 0.2) is 0 Å². The average molecular weight is 259 g/mol. The third-order valence-corrected chi connectivity index (χ3v) is 3.03. The lowest BCUT2D eigenvalue weighted by molar-refractivity contribution is -0.137. The molecule has 0 saturated heterocycles. The maximum Gasteiger partial charge on any atom is 0.416 e. The highest BCUT2D eigenvalue weighted by atomic mass is 32.2. The van der Waals surface area contributed by atoms with Crippen molar-refractivity contribution in [1.29, 1.82) is 5.26 Å². The first kappa shape index (κ1) is 13.9.